The van der Waals surface area contributed by atoms with Crippen molar-refractivity contribution in [2.75, 3.05) is 0 Å². The van der Waals surface area contributed by atoms with Crippen molar-refractivity contribution in [3.63, 3.8) is 0 Å². The van der Waals surface area contributed by atoms with Gasteiger partial charge in [0, 0.05) is 0 Å². The summed E-state index contributed by atoms with van der Waals surface area (Å²) in [5, 5.41) is 10.3. The maximum Gasteiger partial charge on any atom is 0.187 e. The molecule has 2 heteroatoms. The minimum Gasteiger partial charge on any atom is -0.390 e. The fourth-order valence-corrected chi connectivity index (χ4v) is 2.61. The second-order valence-electron chi connectivity index (χ2n) is 5.22. The van der Waals surface area contributed by atoms with E-state index < -0.39 is 0 Å². The van der Waals surface area contributed by atoms with Gasteiger partial charge in [-0.15, -0.1) is 0 Å². The molecule has 0 bridgehead atoms. The Balaban J connectivity index is 0.00000196. The first-order chi connectivity index (χ1) is 6.66. The average Bonchev–Trinajstić information content (AvgIpc) is 2.17. The van der Waals surface area contributed by atoms with E-state index in [0.29, 0.717) is 0 Å². The summed E-state index contributed by atoms with van der Waals surface area (Å²) >= 11 is 0. The van der Waals surface area contributed by atoms with Gasteiger partial charge in [0.05, 0.1) is 5.60 Å². The van der Waals surface area contributed by atoms with Crippen LogP contribution in [0, 0.1) is 5.92 Å². The lowest BCUT2D eigenvalue weighted by Gasteiger charge is -2.33. The van der Waals surface area contributed by atoms with E-state index in [-0.39, 0.29) is 23.0 Å². The predicted octanol–water partition coefficient (Wildman–Crippen LogP) is 2.71. The molecule has 1 atom stereocenters. The summed E-state index contributed by atoms with van der Waals surface area (Å²) in [6.45, 7) is 4.56. The molecule has 0 spiro atoms. The maximum absolute atomic E-state index is 10.3. The van der Waals surface area contributed by atoms with Crippen molar-refractivity contribution in [3.8, 4) is 0 Å². The quantitative estimate of drug-likeness (QED) is 0.717. The topological polar surface area (TPSA) is 20.2 Å². The third-order valence-electron chi connectivity index (χ3n) is 3.67. The van der Waals surface area contributed by atoms with Crippen LogP contribution < -0.4 is 0 Å². The van der Waals surface area contributed by atoms with E-state index in [0.717, 1.165) is 25.2 Å². The van der Waals surface area contributed by atoms with Gasteiger partial charge in [-0.1, -0.05) is 46.0 Å². The van der Waals surface area contributed by atoms with Gasteiger partial charge in [0.25, 0.3) is 0 Å². The molecule has 0 aromatic heterocycles. The lowest BCUT2D eigenvalue weighted by molar-refractivity contribution is -0.00866. The molecule has 1 aliphatic carbocycles. The summed E-state index contributed by atoms with van der Waals surface area (Å²) in [5.41, 5.74) is -0.291. The molecule has 0 radical (unpaired) electrons. The molecule has 1 rings (SSSR count). The minimum absolute atomic E-state index is 0. The van der Waals surface area contributed by atoms with Crippen molar-refractivity contribution in [2.45, 2.75) is 77.2 Å². The van der Waals surface area contributed by atoms with E-state index in [1.54, 1.807) is 0 Å². The molecule has 0 heterocycles. The molecular weight excluding hydrogens is 199 g/mol. The molecule has 15 heavy (non-hydrogen) atoms. The highest BCUT2D eigenvalue weighted by Crippen LogP contribution is 2.33. The maximum atomic E-state index is 10.3. The molecule has 0 saturated heterocycles. The van der Waals surface area contributed by atoms with Crippen molar-refractivity contribution in [1.82, 2.24) is 0 Å². The predicted molar refractivity (Wildman–Crippen MR) is 71.3 cm³/mol. The van der Waals surface area contributed by atoms with E-state index in [1.807, 2.05) is 0 Å². The Morgan fingerprint density at radius 1 is 1.13 bits per heavy atom. The highest BCUT2D eigenvalue weighted by atomic mass is 27.0. The largest absolute Gasteiger partial charge is 0.390 e. The molecule has 0 aromatic rings. The van der Waals surface area contributed by atoms with E-state index in [4.69, 9.17) is 0 Å². The van der Waals surface area contributed by atoms with Crippen LogP contribution in [-0.4, -0.2) is 28.1 Å². The number of hydrogen-bond acceptors (Lipinski definition) is 1. The van der Waals surface area contributed by atoms with Crippen LogP contribution in [0.1, 0.15) is 71.6 Å². The zero-order valence-corrected chi connectivity index (χ0v) is 9.89. The molecule has 1 fully saturated rings. The third kappa shape index (κ3) is 5.95. The zero-order chi connectivity index (χ0) is 10.4. The summed E-state index contributed by atoms with van der Waals surface area (Å²) in [4.78, 5) is 0. The van der Waals surface area contributed by atoms with Gasteiger partial charge in [-0.3, -0.25) is 0 Å². The molecular formula is C13H29AlO. The Hall–Kier alpha value is 0.492. The van der Waals surface area contributed by atoms with Gasteiger partial charge in [-0.25, -0.2) is 0 Å². The Morgan fingerprint density at radius 3 is 2.27 bits per heavy atom. The van der Waals surface area contributed by atoms with Gasteiger partial charge < -0.3 is 5.11 Å². The smallest absolute Gasteiger partial charge is 0.187 e. The van der Waals surface area contributed by atoms with Gasteiger partial charge in [-0.2, -0.15) is 0 Å². The summed E-state index contributed by atoms with van der Waals surface area (Å²) in [6, 6.07) is 0. The SMILES string of the molecule is CCCC(C)CCC1(O)CCCCC1.[AlH3]. The molecule has 1 N–H and O–H groups in total. The van der Waals surface area contributed by atoms with Crippen molar-refractivity contribution >= 4 is 17.4 Å². The summed E-state index contributed by atoms with van der Waals surface area (Å²) in [6.07, 6.45) is 10.7. The number of rotatable bonds is 5. The van der Waals surface area contributed by atoms with Crippen LogP contribution >= 0.6 is 0 Å². The van der Waals surface area contributed by atoms with E-state index in [2.05, 4.69) is 13.8 Å². The van der Waals surface area contributed by atoms with E-state index >= 15 is 0 Å². The molecule has 0 aromatic carbocycles. The first-order valence-corrected chi connectivity index (χ1v) is 6.39. The van der Waals surface area contributed by atoms with Gasteiger partial charge >= 0.3 is 0 Å². The minimum atomic E-state index is -0.291. The van der Waals surface area contributed by atoms with Crippen LogP contribution in [0.3, 0.4) is 0 Å². The molecule has 1 aliphatic rings. The zero-order valence-electron chi connectivity index (χ0n) is 9.89. The lowest BCUT2D eigenvalue weighted by atomic mass is 9.80. The van der Waals surface area contributed by atoms with Gasteiger partial charge in [0.1, 0.15) is 0 Å². The lowest BCUT2D eigenvalue weighted by Crippen LogP contribution is -2.31. The average molecular weight is 228 g/mol. The van der Waals surface area contributed by atoms with E-state index in [9.17, 15) is 5.11 Å². The monoisotopic (exact) mass is 228 g/mol. The van der Waals surface area contributed by atoms with E-state index in [1.165, 1.54) is 38.5 Å². The Bertz CT molecular complexity index is 153. The summed E-state index contributed by atoms with van der Waals surface area (Å²) in [5.74, 6) is 0.797. The van der Waals surface area contributed by atoms with Crippen LogP contribution in [0.5, 0.6) is 0 Å². The van der Waals surface area contributed by atoms with Gasteiger partial charge in [0.2, 0.25) is 0 Å². The summed E-state index contributed by atoms with van der Waals surface area (Å²) in [7, 11) is 0. The van der Waals surface area contributed by atoms with Gasteiger partial charge in [0.15, 0.2) is 17.4 Å². The second kappa shape index (κ2) is 7.71. The van der Waals surface area contributed by atoms with Crippen molar-refractivity contribution < 1.29 is 5.11 Å². The van der Waals surface area contributed by atoms with Crippen LogP contribution in [0.2, 0.25) is 0 Å². The Morgan fingerprint density at radius 2 is 1.73 bits per heavy atom. The molecule has 1 nitrogen and oxygen atoms in total. The Kier molecular flexibility index (Phi) is 7.97. The molecule has 1 unspecified atom stereocenters. The molecule has 0 amide bonds. The molecule has 0 aliphatic heterocycles. The highest BCUT2D eigenvalue weighted by molar-refractivity contribution is 5.75. The molecule has 1 saturated carbocycles. The fraction of sp³-hybridized carbons (Fsp3) is 1.00. The van der Waals surface area contributed by atoms with Crippen LogP contribution in [0.15, 0.2) is 0 Å². The third-order valence-corrected chi connectivity index (χ3v) is 3.67. The first-order valence-electron chi connectivity index (χ1n) is 6.39. The number of aliphatic hydroxyl groups is 1. The Labute approximate surface area is 106 Å². The molecule has 90 valence electrons. The van der Waals surface area contributed by atoms with Crippen molar-refractivity contribution in [3.05, 3.63) is 0 Å². The first kappa shape index (κ1) is 15.5. The van der Waals surface area contributed by atoms with Crippen molar-refractivity contribution in [1.29, 1.82) is 0 Å². The van der Waals surface area contributed by atoms with Crippen molar-refractivity contribution in [2.24, 2.45) is 5.92 Å². The van der Waals surface area contributed by atoms with Crippen LogP contribution in [-0.2, 0) is 0 Å². The fourth-order valence-electron chi connectivity index (χ4n) is 2.61. The van der Waals surface area contributed by atoms with Gasteiger partial charge in [-0.05, 0) is 31.6 Å². The standard InChI is InChI=1S/C13H26O.Al.3H/c1-3-7-12(2)8-11-13(14)9-5-4-6-10-13;;;;/h12,14H,3-11H2,1-2H3;;;;. The van der Waals surface area contributed by atoms with Crippen LogP contribution in [0.4, 0.5) is 0 Å². The van der Waals surface area contributed by atoms with Crippen LogP contribution in [0.25, 0.3) is 0 Å². The highest BCUT2D eigenvalue weighted by Gasteiger charge is 2.28. The number of hydrogen-bond donors (Lipinski definition) is 1. The second-order valence-corrected chi connectivity index (χ2v) is 5.22. The normalized spacial score (nSPS) is 21.8. The summed E-state index contributed by atoms with van der Waals surface area (Å²) < 4.78 is 0.